The van der Waals surface area contributed by atoms with Crippen LogP contribution in [-0.2, 0) is 4.79 Å². The topological polar surface area (TPSA) is 78.4 Å². The zero-order valence-corrected chi connectivity index (χ0v) is 12.3. The van der Waals surface area contributed by atoms with E-state index < -0.39 is 0 Å². The highest BCUT2D eigenvalue weighted by atomic mass is 16.2. The van der Waals surface area contributed by atoms with Gasteiger partial charge < -0.3 is 15.7 Å². The highest BCUT2D eigenvalue weighted by Crippen LogP contribution is 2.10. The Kier molecular flexibility index (Phi) is 6.99. The molecule has 1 aromatic carbocycles. The van der Waals surface area contributed by atoms with Crippen molar-refractivity contribution in [2.75, 3.05) is 20.2 Å². The van der Waals surface area contributed by atoms with Crippen molar-refractivity contribution < 1.29 is 14.7 Å². The largest absolute Gasteiger partial charge is 0.395 e. The molecular formula is C16H20N2O3. The van der Waals surface area contributed by atoms with E-state index in [4.69, 9.17) is 5.11 Å². The van der Waals surface area contributed by atoms with E-state index in [0.717, 1.165) is 11.1 Å². The number of hydrogen-bond donors (Lipinski definition) is 3. The molecule has 0 saturated carbocycles. The van der Waals surface area contributed by atoms with E-state index in [1.54, 1.807) is 13.1 Å². The van der Waals surface area contributed by atoms with Crippen molar-refractivity contribution >= 4 is 11.8 Å². The number of nitrogens with one attached hydrogen (secondary N) is 2. The number of amides is 2. The van der Waals surface area contributed by atoms with Gasteiger partial charge in [0, 0.05) is 37.6 Å². The molecule has 0 radical (unpaired) electrons. The predicted octanol–water partition coefficient (Wildman–Crippen LogP) is 0.595. The minimum atomic E-state index is -0.220. The van der Waals surface area contributed by atoms with Gasteiger partial charge in [-0.25, -0.2) is 0 Å². The van der Waals surface area contributed by atoms with Crippen LogP contribution in [0.1, 0.15) is 34.3 Å². The summed E-state index contributed by atoms with van der Waals surface area (Å²) in [7, 11) is 1.56. The molecule has 0 aliphatic carbocycles. The van der Waals surface area contributed by atoms with Gasteiger partial charge in [-0.2, -0.15) is 0 Å². The van der Waals surface area contributed by atoms with Gasteiger partial charge in [0.1, 0.15) is 0 Å². The Balaban J connectivity index is 2.72. The van der Waals surface area contributed by atoms with E-state index in [0.29, 0.717) is 18.5 Å². The quantitative estimate of drug-likeness (QED) is 0.694. The third kappa shape index (κ3) is 5.67. The standard InChI is InChI=1S/C16H20N2O3/c1-12-6-7-13(5-3-4-10-19)11-14(12)16(21)18-9-8-15(20)17-2/h6-7,11,19H,4,8-10H2,1-2H3,(H,17,20)(H,18,21). The molecule has 5 heteroatoms. The van der Waals surface area contributed by atoms with Gasteiger partial charge >= 0.3 is 0 Å². The first-order chi connectivity index (χ1) is 10.1. The Morgan fingerprint density at radius 3 is 2.76 bits per heavy atom. The minimum Gasteiger partial charge on any atom is -0.395 e. The molecule has 0 fully saturated rings. The van der Waals surface area contributed by atoms with Gasteiger partial charge in [0.25, 0.3) is 5.91 Å². The highest BCUT2D eigenvalue weighted by molar-refractivity contribution is 5.96. The van der Waals surface area contributed by atoms with E-state index in [-0.39, 0.29) is 24.8 Å². The first-order valence-electron chi connectivity index (χ1n) is 6.77. The number of aryl methyl sites for hydroxylation is 1. The molecule has 1 rings (SSSR count). The summed E-state index contributed by atoms with van der Waals surface area (Å²) in [6.07, 6.45) is 0.652. The van der Waals surface area contributed by atoms with Crippen LogP contribution >= 0.6 is 0 Å². The maximum atomic E-state index is 12.1. The summed E-state index contributed by atoms with van der Waals surface area (Å²) in [4.78, 5) is 23.2. The SMILES string of the molecule is CNC(=O)CCNC(=O)c1cc(C#CCCO)ccc1C. The smallest absolute Gasteiger partial charge is 0.251 e. The van der Waals surface area contributed by atoms with Gasteiger partial charge in [-0.1, -0.05) is 17.9 Å². The van der Waals surface area contributed by atoms with Crippen molar-refractivity contribution in [1.29, 1.82) is 0 Å². The highest BCUT2D eigenvalue weighted by Gasteiger charge is 2.09. The molecule has 112 valence electrons. The van der Waals surface area contributed by atoms with Crippen molar-refractivity contribution in [2.45, 2.75) is 19.8 Å². The van der Waals surface area contributed by atoms with Crippen molar-refractivity contribution in [3.05, 3.63) is 34.9 Å². The fraction of sp³-hybridized carbons (Fsp3) is 0.375. The molecule has 21 heavy (non-hydrogen) atoms. The van der Waals surface area contributed by atoms with Crippen molar-refractivity contribution in [3.63, 3.8) is 0 Å². The molecule has 2 amide bonds. The van der Waals surface area contributed by atoms with Crippen LogP contribution in [0, 0.1) is 18.8 Å². The number of rotatable bonds is 5. The second kappa shape index (κ2) is 8.77. The lowest BCUT2D eigenvalue weighted by Crippen LogP contribution is -2.29. The van der Waals surface area contributed by atoms with E-state index in [1.165, 1.54) is 0 Å². The molecule has 0 heterocycles. The molecule has 3 N–H and O–H groups in total. The Labute approximate surface area is 124 Å². The van der Waals surface area contributed by atoms with E-state index >= 15 is 0 Å². The summed E-state index contributed by atoms with van der Waals surface area (Å²) in [5.41, 5.74) is 2.12. The Morgan fingerprint density at radius 1 is 1.33 bits per heavy atom. The average molecular weight is 288 g/mol. The molecule has 5 nitrogen and oxygen atoms in total. The molecule has 0 aliphatic rings. The van der Waals surface area contributed by atoms with Gasteiger partial charge in [0.05, 0.1) is 6.61 Å². The van der Waals surface area contributed by atoms with Gasteiger partial charge in [-0.3, -0.25) is 9.59 Å². The maximum Gasteiger partial charge on any atom is 0.251 e. The van der Waals surface area contributed by atoms with Gasteiger partial charge in [0.2, 0.25) is 5.91 Å². The third-order valence-corrected chi connectivity index (χ3v) is 2.87. The van der Waals surface area contributed by atoms with Gasteiger partial charge in [-0.05, 0) is 24.6 Å². The molecule has 0 bridgehead atoms. The zero-order chi connectivity index (χ0) is 15.7. The lowest BCUT2D eigenvalue weighted by molar-refractivity contribution is -0.120. The van der Waals surface area contributed by atoms with Crippen molar-refractivity contribution in [2.24, 2.45) is 0 Å². The third-order valence-electron chi connectivity index (χ3n) is 2.87. The van der Waals surface area contributed by atoms with Crippen molar-refractivity contribution in [1.82, 2.24) is 10.6 Å². The molecule has 0 atom stereocenters. The van der Waals surface area contributed by atoms with Crippen LogP contribution in [0.4, 0.5) is 0 Å². The predicted molar refractivity (Wildman–Crippen MR) is 80.8 cm³/mol. The van der Waals surface area contributed by atoms with Gasteiger partial charge in [-0.15, -0.1) is 0 Å². The van der Waals surface area contributed by atoms with Crippen LogP contribution in [0.25, 0.3) is 0 Å². The molecule has 0 aromatic heterocycles. The summed E-state index contributed by atoms with van der Waals surface area (Å²) in [5, 5.41) is 13.9. The number of hydrogen-bond acceptors (Lipinski definition) is 3. The number of benzene rings is 1. The van der Waals surface area contributed by atoms with E-state index in [9.17, 15) is 9.59 Å². The zero-order valence-electron chi connectivity index (χ0n) is 12.3. The first kappa shape index (κ1) is 16.7. The Bertz CT molecular complexity index is 571. The second-order valence-electron chi connectivity index (χ2n) is 4.48. The molecule has 0 unspecified atom stereocenters. The fourth-order valence-electron chi connectivity index (χ4n) is 1.67. The number of carbonyl (C=O) groups excluding carboxylic acids is 2. The van der Waals surface area contributed by atoms with E-state index in [2.05, 4.69) is 22.5 Å². The monoisotopic (exact) mass is 288 g/mol. The normalized spacial score (nSPS) is 9.48. The van der Waals surface area contributed by atoms with Crippen LogP contribution in [-0.4, -0.2) is 37.1 Å². The number of carbonyl (C=O) groups is 2. The molecule has 0 spiro atoms. The summed E-state index contributed by atoms with van der Waals surface area (Å²) in [6, 6.07) is 5.38. The minimum absolute atomic E-state index is 0.0195. The number of aliphatic hydroxyl groups is 1. The molecule has 0 saturated heterocycles. The Morgan fingerprint density at radius 2 is 2.10 bits per heavy atom. The van der Waals surface area contributed by atoms with Crippen LogP contribution in [0.3, 0.4) is 0 Å². The molecule has 1 aromatic rings. The van der Waals surface area contributed by atoms with Crippen LogP contribution < -0.4 is 10.6 Å². The van der Waals surface area contributed by atoms with Crippen LogP contribution in [0.5, 0.6) is 0 Å². The van der Waals surface area contributed by atoms with Gasteiger partial charge in [0.15, 0.2) is 0 Å². The molecular weight excluding hydrogens is 268 g/mol. The molecule has 0 aliphatic heterocycles. The Hall–Kier alpha value is -2.32. The van der Waals surface area contributed by atoms with Crippen molar-refractivity contribution in [3.8, 4) is 11.8 Å². The number of aliphatic hydroxyl groups excluding tert-OH is 1. The second-order valence-corrected chi connectivity index (χ2v) is 4.48. The maximum absolute atomic E-state index is 12.1. The average Bonchev–Trinajstić information content (AvgIpc) is 2.48. The fourth-order valence-corrected chi connectivity index (χ4v) is 1.67. The van der Waals surface area contributed by atoms with E-state index in [1.807, 2.05) is 19.1 Å². The summed E-state index contributed by atoms with van der Waals surface area (Å²) < 4.78 is 0. The summed E-state index contributed by atoms with van der Waals surface area (Å²) >= 11 is 0. The lowest BCUT2D eigenvalue weighted by Gasteiger charge is -2.08. The lowest BCUT2D eigenvalue weighted by atomic mass is 10.0. The first-order valence-corrected chi connectivity index (χ1v) is 6.77. The van der Waals surface area contributed by atoms with Crippen LogP contribution in [0.2, 0.25) is 0 Å². The van der Waals surface area contributed by atoms with Crippen LogP contribution in [0.15, 0.2) is 18.2 Å². The summed E-state index contributed by atoms with van der Waals surface area (Å²) in [5.74, 6) is 5.38. The summed E-state index contributed by atoms with van der Waals surface area (Å²) in [6.45, 7) is 2.16.